The van der Waals surface area contributed by atoms with Gasteiger partial charge < -0.3 is 5.32 Å². The van der Waals surface area contributed by atoms with E-state index < -0.39 is 58.0 Å². The zero-order valence-electron chi connectivity index (χ0n) is 21.6. The van der Waals surface area contributed by atoms with Gasteiger partial charge in [-0.25, -0.2) is 4.90 Å². The molecule has 0 radical (unpaired) electrons. The summed E-state index contributed by atoms with van der Waals surface area (Å²) in [6.07, 6.45) is -4.59. The van der Waals surface area contributed by atoms with Gasteiger partial charge in [0.05, 0.1) is 22.2 Å². The van der Waals surface area contributed by atoms with E-state index in [4.69, 9.17) is 0 Å². The molecule has 43 heavy (non-hydrogen) atoms. The molecule has 0 spiro atoms. The summed E-state index contributed by atoms with van der Waals surface area (Å²) in [6, 6.07) is 18.3. The van der Waals surface area contributed by atoms with Gasteiger partial charge in [0, 0.05) is 25.4 Å². The fourth-order valence-electron chi connectivity index (χ4n) is 5.25. The summed E-state index contributed by atoms with van der Waals surface area (Å²) in [5.74, 6) is -2.99. The number of thioether (sulfide) groups is 1. The van der Waals surface area contributed by atoms with Crippen molar-refractivity contribution in [2.24, 2.45) is 5.92 Å². The third kappa shape index (κ3) is 5.61. The Labute approximate surface area is 267 Å². The number of carbonyl (C=O) groups is 3. The number of rotatable bonds is 5. The molecule has 1 saturated heterocycles. The van der Waals surface area contributed by atoms with Gasteiger partial charge in [-0.3, -0.25) is 23.7 Å². The second kappa shape index (κ2) is 11.4. The monoisotopic (exact) mass is 751 g/mol. The van der Waals surface area contributed by atoms with Gasteiger partial charge in [0.2, 0.25) is 17.7 Å². The molecule has 220 valence electrons. The highest BCUT2D eigenvalue weighted by atomic mass is 79.9. The number of nitrogens with zero attached hydrogens (tertiary/aromatic N) is 2. The van der Waals surface area contributed by atoms with Crippen LogP contribution in [-0.4, -0.2) is 27.5 Å². The van der Waals surface area contributed by atoms with Crippen LogP contribution in [0.3, 0.4) is 0 Å². The van der Waals surface area contributed by atoms with Gasteiger partial charge in [-0.15, -0.1) is 0 Å². The number of carbonyl (C=O) groups excluding carboxylic acids is 3. The minimum absolute atomic E-state index is 0.0702. The number of fused-ring (bicyclic) bond motifs is 2. The normalized spacial score (nSPS) is 19.7. The number of thiazole rings is 1. The molecule has 0 aliphatic carbocycles. The number of amides is 3. The Morgan fingerprint density at radius 1 is 0.907 bits per heavy atom. The Kier molecular flexibility index (Phi) is 7.90. The largest absolute Gasteiger partial charge is 0.416 e. The Morgan fingerprint density at radius 3 is 2.21 bits per heavy atom. The lowest BCUT2D eigenvalue weighted by molar-refractivity contribution is -0.137. The first-order chi connectivity index (χ1) is 20.4. The van der Waals surface area contributed by atoms with Crippen LogP contribution in [0.25, 0.3) is 0 Å². The van der Waals surface area contributed by atoms with E-state index >= 15 is 0 Å². The first kappa shape index (κ1) is 29.9. The third-order valence-electron chi connectivity index (χ3n) is 7.14. The summed E-state index contributed by atoms with van der Waals surface area (Å²) < 4.78 is 42.3. The van der Waals surface area contributed by atoms with E-state index in [9.17, 15) is 32.3 Å². The van der Waals surface area contributed by atoms with E-state index in [0.717, 1.165) is 49.7 Å². The molecular formula is C29H18Br2F3N3O4S2. The number of alkyl halides is 3. The molecule has 2 aliphatic heterocycles. The van der Waals surface area contributed by atoms with Crippen molar-refractivity contribution in [2.75, 3.05) is 10.2 Å². The Morgan fingerprint density at radius 2 is 1.56 bits per heavy atom. The molecule has 2 aliphatic rings. The van der Waals surface area contributed by atoms with Crippen molar-refractivity contribution in [1.29, 1.82) is 0 Å². The smallest absolute Gasteiger partial charge is 0.325 e. The van der Waals surface area contributed by atoms with Crippen LogP contribution in [0, 0.1) is 5.92 Å². The van der Waals surface area contributed by atoms with Crippen molar-refractivity contribution < 1.29 is 27.6 Å². The van der Waals surface area contributed by atoms with E-state index in [1.807, 2.05) is 24.3 Å². The van der Waals surface area contributed by atoms with Crippen molar-refractivity contribution in [3.8, 4) is 0 Å². The molecule has 3 atom stereocenters. The van der Waals surface area contributed by atoms with Gasteiger partial charge >= 0.3 is 11.0 Å². The summed E-state index contributed by atoms with van der Waals surface area (Å²) >= 11 is 8.72. The number of halogens is 5. The number of benzene rings is 3. The predicted molar refractivity (Wildman–Crippen MR) is 164 cm³/mol. The van der Waals surface area contributed by atoms with Crippen LogP contribution < -0.4 is 15.1 Å². The van der Waals surface area contributed by atoms with Crippen LogP contribution in [0.1, 0.15) is 21.9 Å². The van der Waals surface area contributed by atoms with Gasteiger partial charge in [-0.1, -0.05) is 73.2 Å². The van der Waals surface area contributed by atoms with Crippen molar-refractivity contribution in [1.82, 2.24) is 4.57 Å². The summed E-state index contributed by atoms with van der Waals surface area (Å²) in [6.45, 7) is -0.489. The fourth-order valence-corrected chi connectivity index (χ4v) is 8.55. The van der Waals surface area contributed by atoms with Crippen LogP contribution in [0.15, 0.2) is 91.6 Å². The van der Waals surface area contributed by atoms with Crippen LogP contribution >= 0.6 is 55.0 Å². The van der Waals surface area contributed by atoms with Crippen molar-refractivity contribution in [3.05, 3.63) is 107 Å². The van der Waals surface area contributed by atoms with E-state index in [-0.39, 0.29) is 5.69 Å². The second-order valence-electron chi connectivity index (χ2n) is 9.83. The van der Waals surface area contributed by atoms with Gasteiger partial charge in [-0.05, 0) is 60.2 Å². The standard InChI is InChI=1S/C29H18Br2F3N3O4S2/c30-16-6-4-14(5-7-16)21-22-23(26(40)37(25(22)39)19-10-8-17(31)9-11-19)42-27-24(21)43-28(41)36(27)13-20(38)35-18-3-1-2-15(12-18)29(32,33)34/h1-12,21-23H,13H2,(H,35,38). The average molecular weight is 753 g/mol. The van der Waals surface area contributed by atoms with Gasteiger partial charge in [0.1, 0.15) is 11.8 Å². The molecule has 0 saturated carbocycles. The minimum atomic E-state index is -4.59. The van der Waals surface area contributed by atoms with Gasteiger partial charge in [0.25, 0.3) is 0 Å². The molecular weight excluding hydrogens is 735 g/mol. The lowest BCUT2D eigenvalue weighted by Gasteiger charge is -2.30. The SMILES string of the molecule is O=C(Cn1c2c(sc1=O)C(c1ccc(Br)cc1)C1C(=O)N(c3ccc(Br)cc3)C(=O)C1S2)Nc1cccc(C(F)(F)F)c1. The Hall–Kier alpha value is -3.20. The average Bonchev–Trinajstić information content (AvgIpc) is 3.40. The van der Waals surface area contributed by atoms with Crippen LogP contribution in [0.5, 0.6) is 0 Å². The molecule has 14 heteroatoms. The maximum absolute atomic E-state index is 13.9. The summed E-state index contributed by atoms with van der Waals surface area (Å²) in [5, 5.41) is 1.94. The maximum atomic E-state index is 13.9. The summed E-state index contributed by atoms with van der Waals surface area (Å²) in [7, 11) is 0. The first-order valence-corrected chi connectivity index (χ1v) is 16.0. The molecule has 3 aromatic carbocycles. The number of aromatic nitrogens is 1. The molecule has 1 fully saturated rings. The molecule has 4 aromatic rings. The van der Waals surface area contributed by atoms with Crippen LogP contribution in [-0.2, 0) is 27.1 Å². The Balaban J connectivity index is 1.37. The molecule has 7 nitrogen and oxygen atoms in total. The van der Waals surface area contributed by atoms with Gasteiger partial charge in [-0.2, -0.15) is 13.2 Å². The van der Waals surface area contributed by atoms with Crippen LogP contribution in [0.2, 0.25) is 0 Å². The maximum Gasteiger partial charge on any atom is 0.416 e. The lowest BCUT2D eigenvalue weighted by atomic mass is 9.83. The minimum Gasteiger partial charge on any atom is -0.325 e. The highest BCUT2D eigenvalue weighted by molar-refractivity contribution is 9.10. The van der Waals surface area contributed by atoms with Crippen LogP contribution in [0.4, 0.5) is 24.5 Å². The number of hydrogen-bond donors (Lipinski definition) is 1. The fraction of sp³-hybridized carbons (Fsp3) is 0.172. The zero-order chi connectivity index (χ0) is 30.6. The molecule has 3 heterocycles. The molecule has 6 rings (SSSR count). The van der Waals surface area contributed by atoms with Crippen molar-refractivity contribution >= 4 is 84.1 Å². The highest BCUT2D eigenvalue weighted by Gasteiger charge is 2.56. The zero-order valence-corrected chi connectivity index (χ0v) is 26.4. The molecule has 3 unspecified atom stereocenters. The summed E-state index contributed by atoms with van der Waals surface area (Å²) in [5.41, 5.74) is 0.150. The van der Waals surface area contributed by atoms with Crippen molar-refractivity contribution in [2.45, 2.75) is 28.9 Å². The van der Waals surface area contributed by atoms with E-state index in [0.29, 0.717) is 15.6 Å². The second-order valence-corrected chi connectivity index (χ2v) is 13.8. The number of nitrogens with one attached hydrogen (secondary N) is 1. The number of hydrogen-bond acceptors (Lipinski definition) is 6. The third-order valence-corrected chi connectivity index (χ3v) is 10.8. The number of anilines is 2. The highest BCUT2D eigenvalue weighted by Crippen LogP contribution is 2.54. The van der Waals surface area contributed by atoms with Crippen molar-refractivity contribution in [3.63, 3.8) is 0 Å². The first-order valence-electron chi connectivity index (χ1n) is 12.7. The summed E-state index contributed by atoms with van der Waals surface area (Å²) in [4.78, 5) is 55.2. The van der Waals surface area contributed by atoms with Gasteiger partial charge in [0.15, 0.2) is 0 Å². The molecule has 3 amide bonds. The van der Waals surface area contributed by atoms with E-state index in [2.05, 4.69) is 37.2 Å². The van der Waals surface area contributed by atoms with E-state index in [1.165, 1.54) is 21.6 Å². The molecule has 1 N–H and O–H groups in total. The molecule has 0 bridgehead atoms. The number of imide groups is 1. The topological polar surface area (TPSA) is 88.5 Å². The van der Waals surface area contributed by atoms with E-state index in [1.54, 1.807) is 24.3 Å². The quantitative estimate of drug-likeness (QED) is 0.225. The Bertz CT molecular complexity index is 1820. The molecule has 1 aromatic heterocycles. The lowest BCUT2D eigenvalue weighted by Crippen LogP contribution is -2.33. The predicted octanol–water partition coefficient (Wildman–Crippen LogP) is 6.89.